The van der Waals surface area contributed by atoms with Gasteiger partial charge in [-0.25, -0.2) is 0 Å². The summed E-state index contributed by atoms with van der Waals surface area (Å²) in [5, 5.41) is 0. The highest BCUT2D eigenvalue weighted by Gasteiger charge is 2.60. The number of hydrogen-bond donors (Lipinski definition) is 0. The van der Waals surface area contributed by atoms with Gasteiger partial charge >= 0.3 is 0 Å². The van der Waals surface area contributed by atoms with Crippen molar-refractivity contribution < 1.29 is 4.48 Å². The smallest absolute Gasteiger partial charge is 0.109 e. The summed E-state index contributed by atoms with van der Waals surface area (Å²) in [5.74, 6) is 0. The molecule has 0 radical (unpaired) electrons. The van der Waals surface area contributed by atoms with Gasteiger partial charge in [0, 0.05) is 19.3 Å². The summed E-state index contributed by atoms with van der Waals surface area (Å²) in [6.45, 7) is 11.7. The predicted molar refractivity (Wildman–Crippen MR) is 56.5 cm³/mol. The van der Waals surface area contributed by atoms with Gasteiger partial charge in [0.15, 0.2) is 0 Å². The van der Waals surface area contributed by atoms with Crippen molar-refractivity contribution >= 4 is 0 Å². The van der Waals surface area contributed by atoms with Gasteiger partial charge in [-0.3, -0.25) is 0 Å². The molecule has 0 amide bonds. The molecular weight excluding hydrogens is 158 g/mol. The maximum absolute atomic E-state index is 3.89. The van der Waals surface area contributed by atoms with Crippen LogP contribution in [0.4, 0.5) is 0 Å². The third-order valence-corrected chi connectivity index (χ3v) is 4.24. The van der Waals surface area contributed by atoms with E-state index in [1.54, 1.807) is 0 Å². The molecule has 1 heteroatoms. The van der Waals surface area contributed by atoms with Crippen LogP contribution in [0.15, 0.2) is 25.3 Å². The second-order valence-corrected chi connectivity index (χ2v) is 4.63. The average molecular weight is 178 g/mol. The minimum atomic E-state index is 0.579. The van der Waals surface area contributed by atoms with Crippen LogP contribution in [0.1, 0.15) is 25.7 Å². The van der Waals surface area contributed by atoms with Crippen LogP contribution in [0.3, 0.4) is 0 Å². The van der Waals surface area contributed by atoms with Crippen LogP contribution in [-0.2, 0) is 0 Å². The number of rotatable bonds is 4. The lowest BCUT2D eigenvalue weighted by Gasteiger charge is -2.57. The van der Waals surface area contributed by atoms with Gasteiger partial charge in [-0.05, 0) is 6.08 Å². The minimum Gasteiger partial charge on any atom is -0.315 e. The second-order valence-electron chi connectivity index (χ2n) is 4.63. The topological polar surface area (TPSA) is 0 Å². The van der Waals surface area contributed by atoms with Gasteiger partial charge in [-0.1, -0.05) is 12.7 Å². The van der Waals surface area contributed by atoms with E-state index in [-0.39, 0.29) is 0 Å². The molecule has 2 atom stereocenters. The molecule has 0 aliphatic carbocycles. The van der Waals surface area contributed by atoms with Crippen LogP contribution < -0.4 is 0 Å². The molecule has 2 saturated heterocycles. The second kappa shape index (κ2) is 2.98. The molecular formula is C12H20N+. The third-order valence-electron chi connectivity index (χ3n) is 4.24. The summed E-state index contributed by atoms with van der Waals surface area (Å²) in [7, 11) is 0. The molecule has 13 heavy (non-hydrogen) atoms. The molecule has 2 aliphatic heterocycles. The van der Waals surface area contributed by atoms with E-state index >= 15 is 0 Å². The molecule has 0 aromatic heterocycles. The zero-order chi connectivity index (χ0) is 9.36. The Morgan fingerprint density at radius 3 is 2.54 bits per heavy atom. The van der Waals surface area contributed by atoms with Gasteiger partial charge in [0.05, 0.1) is 26.1 Å². The van der Waals surface area contributed by atoms with Crippen LogP contribution >= 0.6 is 0 Å². The molecule has 2 aliphatic rings. The Morgan fingerprint density at radius 1 is 1.15 bits per heavy atom. The number of nitrogens with zero attached hydrogens (tertiary/aromatic N) is 1. The summed E-state index contributed by atoms with van der Waals surface area (Å²) in [5.41, 5.74) is 0.579. The summed E-state index contributed by atoms with van der Waals surface area (Å²) in [6.07, 6.45) is 9.64. The summed E-state index contributed by atoms with van der Waals surface area (Å²) in [6, 6.07) is 0. The van der Waals surface area contributed by atoms with E-state index in [0.717, 1.165) is 0 Å². The van der Waals surface area contributed by atoms with Crippen molar-refractivity contribution in [2.75, 3.05) is 19.6 Å². The Labute approximate surface area is 81.3 Å². The van der Waals surface area contributed by atoms with Gasteiger partial charge in [-0.15, -0.1) is 6.58 Å². The number of quaternary nitrogens is 1. The molecule has 0 aromatic rings. The zero-order valence-electron chi connectivity index (χ0n) is 8.47. The number of hydrogen-bond acceptors (Lipinski definition) is 0. The first-order valence-corrected chi connectivity index (χ1v) is 5.37. The summed E-state index contributed by atoms with van der Waals surface area (Å²) < 4.78 is 1.32. The van der Waals surface area contributed by atoms with E-state index in [1.807, 2.05) is 0 Å². The van der Waals surface area contributed by atoms with Crippen molar-refractivity contribution in [3.05, 3.63) is 25.3 Å². The van der Waals surface area contributed by atoms with Crippen LogP contribution in [0.5, 0.6) is 0 Å². The Balaban J connectivity index is 2.18. The largest absolute Gasteiger partial charge is 0.315 e. The van der Waals surface area contributed by atoms with Gasteiger partial charge in [0.2, 0.25) is 0 Å². The Hall–Kier alpha value is -0.560. The highest BCUT2D eigenvalue weighted by Crippen LogP contribution is 2.50. The van der Waals surface area contributed by atoms with E-state index in [1.165, 1.54) is 49.8 Å². The fraction of sp³-hybridized carbons (Fsp3) is 0.667. The fourth-order valence-electron chi connectivity index (χ4n) is 3.46. The van der Waals surface area contributed by atoms with E-state index in [9.17, 15) is 0 Å². The summed E-state index contributed by atoms with van der Waals surface area (Å²) >= 11 is 0. The SMILES string of the molecule is C=CCC12CCC[N+]1(CC=C)CC2. The van der Waals surface area contributed by atoms with Gasteiger partial charge in [0.1, 0.15) is 5.54 Å². The number of fused-ring (bicyclic) bond motifs is 1. The van der Waals surface area contributed by atoms with E-state index in [4.69, 9.17) is 0 Å². The molecule has 2 unspecified atom stereocenters. The normalized spacial score (nSPS) is 42.2. The first kappa shape index (κ1) is 9.01. The van der Waals surface area contributed by atoms with Crippen LogP contribution in [0.25, 0.3) is 0 Å². The molecule has 0 saturated carbocycles. The first-order valence-electron chi connectivity index (χ1n) is 5.37. The highest BCUT2D eigenvalue weighted by molar-refractivity contribution is 4.99. The highest BCUT2D eigenvalue weighted by atomic mass is 15.5. The standard InChI is InChI=1S/C12H20N/c1-3-6-12-7-5-10-13(12,9-4-2)11-8-12/h3-4H,1-2,5-11H2/q+1. The van der Waals surface area contributed by atoms with Crippen LogP contribution in [0.2, 0.25) is 0 Å². The Bertz CT molecular complexity index is 209. The predicted octanol–water partition coefficient (Wildman–Crippen LogP) is 2.50. The lowest BCUT2D eigenvalue weighted by molar-refractivity contribution is -0.999. The Morgan fingerprint density at radius 2 is 2.00 bits per heavy atom. The van der Waals surface area contributed by atoms with Crippen molar-refractivity contribution in [1.29, 1.82) is 0 Å². The minimum absolute atomic E-state index is 0.579. The van der Waals surface area contributed by atoms with Crippen molar-refractivity contribution in [2.24, 2.45) is 0 Å². The lowest BCUT2D eigenvalue weighted by atomic mass is 9.78. The molecule has 2 rings (SSSR count). The molecule has 72 valence electrons. The monoisotopic (exact) mass is 178 g/mol. The van der Waals surface area contributed by atoms with Crippen LogP contribution in [0, 0.1) is 0 Å². The molecule has 1 nitrogen and oxygen atoms in total. The first-order chi connectivity index (χ1) is 6.29. The molecule has 0 aromatic carbocycles. The van der Waals surface area contributed by atoms with Gasteiger partial charge in [0.25, 0.3) is 0 Å². The average Bonchev–Trinajstić information content (AvgIpc) is 2.33. The molecule has 2 fully saturated rings. The molecule has 0 N–H and O–H groups in total. The maximum Gasteiger partial charge on any atom is 0.109 e. The van der Waals surface area contributed by atoms with Gasteiger partial charge in [-0.2, -0.15) is 0 Å². The van der Waals surface area contributed by atoms with Gasteiger partial charge < -0.3 is 4.48 Å². The van der Waals surface area contributed by atoms with Crippen LogP contribution in [-0.4, -0.2) is 29.7 Å². The zero-order valence-corrected chi connectivity index (χ0v) is 8.47. The molecule has 0 bridgehead atoms. The third kappa shape index (κ3) is 1.03. The van der Waals surface area contributed by atoms with E-state index < -0.39 is 0 Å². The Kier molecular flexibility index (Phi) is 2.07. The quantitative estimate of drug-likeness (QED) is 0.458. The van der Waals surface area contributed by atoms with Crippen molar-refractivity contribution in [3.63, 3.8) is 0 Å². The summed E-state index contributed by atoms with van der Waals surface area (Å²) in [4.78, 5) is 0. The molecule has 2 heterocycles. The fourth-order valence-corrected chi connectivity index (χ4v) is 3.46. The van der Waals surface area contributed by atoms with Crippen molar-refractivity contribution in [2.45, 2.75) is 31.2 Å². The van der Waals surface area contributed by atoms with Crippen molar-refractivity contribution in [1.82, 2.24) is 0 Å². The maximum atomic E-state index is 3.89. The molecule has 0 spiro atoms. The lowest BCUT2D eigenvalue weighted by Crippen LogP contribution is -2.70. The van der Waals surface area contributed by atoms with E-state index in [2.05, 4.69) is 25.3 Å². The van der Waals surface area contributed by atoms with Crippen molar-refractivity contribution in [3.8, 4) is 0 Å². The van der Waals surface area contributed by atoms with E-state index in [0.29, 0.717) is 5.54 Å².